The maximum absolute atomic E-state index is 12.4. The standard InChI is InChI=1S/C15H20Cl2N2O/c1-15(2)10-19(7-6-18(15)3)9-14(20)12-8-11(16)4-5-13(12)17/h4-5,8H,6-7,9-10H2,1-3H3. The molecule has 1 heterocycles. The van der Waals surface area contributed by atoms with Crippen LogP contribution in [0, 0.1) is 0 Å². The molecule has 0 spiro atoms. The van der Waals surface area contributed by atoms with Gasteiger partial charge in [-0.15, -0.1) is 0 Å². The predicted octanol–water partition coefficient (Wildman–Crippen LogP) is 3.20. The lowest BCUT2D eigenvalue weighted by molar-refractivity contribution is 0.0390. The lowest BCUT2D eigenvalue weighted by Crippen LogP contribution is -2.58. The Morgan fingerprint density at radius 1 is 1.30 bits per heavy atom. The van der Waals surface area contributed by atoms with Crippen molar-refractivity contribution >= 4 is 29.0 Å². The van der Waals surface area contributed by atoms with Crippen molar-refractivity contribution in [3.05, 3.63) is 33.8 Å². The summed E-state index contributed by atoms with van der Waals surface area (Å²) in [5.41, 5.74) is 0.590. The molecular weight excluding hydrogens is 295 g/mol. The summed E-state index contributed by atoms with van der Waals surface area (Å²) in [6.45, 7) is 7.49. The highest BCUT2D eigenvalue weighted by atomic mass is 35.5. The second-order valence-electron chi connectivity index (χ2n) is 5.99. The third-order valence-electron chi connectivity index (χ3n) is 3.99. The van der Waals surface area contributed by atoms with Crippen molar-refractivity contribution in [3.8, 4) is 0 Å². The zero-order valence-corrected chi connectivity index (χ0v) is 13.6. The topological polar surface area (TPSA) is 23.6 Å². The van der Waals surface area contributed by atoms with E-state index in [-0.39, 0.29) is 11.3 Å². The molecule has 1 aliphatic heterocycles. The molecule has 0 N–H and O–H groups in total. The molecule has 5 heteroatoms. The maximum atomic E-state index is 12.4. The molecule has 0 saturated carbocycles. The van der Waals surface area contributed by atoms with Gasteiger partial charge in [-0.1, -0.05) is 23.2 Å². The molecule has 1 fully saturated rings. The molecule has 2 rings (SSSR count). The van der Waals surface area contributed by atoms with Gasteiger partial charge in [-0.2, -0.15) is 0 Å². The van der Waals surface area contributed by atoms with E-state index in [9.17, 15) is 4.79 Å². The van der Waals surface area contributed by atoms with Gasteiger partial charge in [0.1, 0.15) is 0 Å². The summed E-state index contributed by atoms with van der Waals surface area (Å²) >= 11 is 12.0. The Hall–Kier alpha value is -0.610. The van der Waals surface area contributed by atoms with Crippen LogP contribution in [0.2, 0.25) is 10.0 Å². The molecule has 1 saturated heterocycles. The van der Waals surface area contributed by atoms with Crippen molar-refractivity contribution in [2.45, 2.75) is 19.4 Å². The first kappa shape index (κ1) is 15.8. The number of hydrogen-bond acceptors (Lipinski definition) is 3. The highest BCUT2D eigenvalue weighted by molar-refractivity contribution is 6.36. The van der Waals surface area contributed by atoms with Gasteiger partial charge in [0, 0.05) is 35.8 Å². The average Bonchev–Trinajstić information content (AvgIpc) is 2.36. The number of benzene rings is 1. The number of hydrogen-bond donors (Lipinski definition) is 0. The first-order valence-electron chi connectivity index (χ1n) is 6.71. The molecule has 0 radical (unpaired) electrons. The lowest BCUT2D eigenvalue weighted by Gasteiger charge is -2.45. The zero-order chi connectivity index (χ0) is 14.9. The van der Waals surface area contributed by atoms with E-state index < -0.39 is 0 Å². The zero-order valence-electron chi connectivity index (χ0n) is 12.1. The number of nitrogens with zero attached hydrogens (tertiary/aromatic N) is 2. The molecule has 0 aromatic heterocycles. The largest absolute Gasteiger partial charge is 0.299 e. The quantitative estimate of drug-likeness (QED) is 0.800. The summed E-state index contributed by atoms with van der Waals surface area (Å²) < 4.78 is 0. The van der Waals surface area contributed by atoms with E-state index in [4.69, 9.17) is 23.2 Å². The summed E-state index contributed by atoms with van der Waals surface area (Å²) in [5, 5.41) is 1.00. The normalized spacial score (nSPS) is 20.1. The minimum Gasteiger partial charge on any atom is -0.299 e. The minimum absolute atomic E-state index is 0.0258. The van der Waals surface area contributed by atoms with Crippen molar-refractivity contribution in [1.82, 2.24) is 9.80 Å². The first-order valence-corrected chi connectivity index (χ1v) is 7.47. The monoisotopic (exact) mass is 314 g/mol. The second-order valence-corrected chi connectivity index (χ2v) is 6.84. The van der Waals surface area contributed by atoms with Crippen LogP contribution < -0.4 is 0 Å². The predicted molar refractivity (Wildman–Crippen MR) is 83.9 cm³/mol. The molecule has 1 aromatic carbocycles. The van der Waals surface area contributed by atoms with Gasteiger partial charge in [-0.3, -0.25) is 14.6 Å². The van der Waals surface area contributed by atoms with Crippen LogP contribution in [0.1, 0.15) is 24.2 Å². The van der Waals surface area contributed by atoms with E-state index in [1.54, 1.807) is 18.2 Å². The van der Waals surface area contributed by atoms with Gasteiger partial charge in [-0.25, -0.2) is 0 Å². The molecule has 0 atom stereocenters. The Labute approximate surface area is 130 Å². The fraction of sp³-hybridized carbons (Fsp3) is 0.533. The molecule has 0 unspecified atom stereocenters. The van der Waals surface area contributed by atoms with Crippen LogP contribution in [0.25, 0.3) is 0 Å². The summed E-state index contributed by atoms with van der Waals surface area (Å²) in [5.74, 6) is 0.0258. The molecule has 1 aromatic rings. The fourth-order valence-corrected chi connectivity index (χ4v) is 2.87. The second kappa shape index (κ2) is 6.02. The Morgan fingerprint density at radius 2 is 2.00 bits per heavy atom. The number of rotatable bonds is 3. The summed E-state index contributed by atoms with van der Waals surface area (Å²) in [6, 6.07) is 5.01. The molecule has 0 amide bonds. The molecule has 110 valence electrons. The van der Waals surface area contributed by atoms with E-state index in [2.05, 4.69) is 30.7 Å². The van der Waals surface area contributed by atoms with Crippen LogP contribution in [-0.2, 0) is 0 Å². The van der Waals surface area contributed by atoms with Crippen LogP contribution in [0.4, 0.5) is 0 Å². The van der Waals surface area contributed by atoms with E-state index in [1.165, 1.54) is 0 Å². The van der Waals surface area contributed by atoms with Gasteiger partial charge in [0.25, 0.3) is 0 Å². The number of piperazine rings is 1. The van der Waals surface area contributed by atoms with E-state index >= 15 is 0 Å². The average molecular weight is 315 g/mol. The van der Waals surface area contributed by atoms with Crippen molar-refractivity contribution in [3.63, 3.8) is 0 Å². The van der Waals surface area contributed by atoms with Crippen molar-refractivity contribution < 1.29 is 4.79 Å². The van der Waals surface area contributed by atoms with Gasteiger partial charge in [-0.05, 0) is 39.1 Å². The van der Waals surface area contributed by atoms with Gasteiger partial charge in [0.05, 0.1) is 11.6 Å². The molecule has 20 heavy (non-hydrogen) atoms. The van der Waals surface area contributed by atoms with Crippen LogP contribution in [0.5, 0.6) is 0 Å². The Kier molecular flexibility index (Phi) is 4.75. The summed E-state index contributed by atoms with van der Waals surface area (Å²) in [7, 11) is 2.12. The fourth-order valence-electron chi connectivity index (χ4n) is 2.48. The van der Waals surface area contributed by atoms with Gasteiger partial charge >= 0.3 is 0 Å². The van der Waals surface area contributed by atoms with E-state index in [0.717, 1.165) is 19.6 Å². The van der Waals surface area contributed by atoms with Crippen molar-refractivity contribution in [1.29, 1.82) is 0 Å². The third kappa shape index (κ3) is 3.53. The number of ketones is 1. The first-order chi connectivity index (χ1) is 9.29. The highest BCUT2D eigenvalue weighted by Crippen LogP contribution is 2.23. The minimum atomic E-state index is 0.0258. The van der Waals surface area contributed by atoms with Gasteiger partial charge < -0.3 is 0 Å². The number of halogens is 2. The SMILES string of the molecule is CN1CCN(CC(=O)c2cc(Cl)ccc2Cl)CC1(C)C. The third-order valence-corrected chi connectivity index (χ3v) is 4.56. The molecule has 0 aliphatic carbocycles. The summed E-state index contributed by atoms with van der Waals surface area (Å²) in [4.78, 5) is 16.9. The Bertz CT molecular complexity index is 517. The number of carbonyl (C=O) groups is 1. The summed E-state index contributed by atoms with van der Waals surface area (Å²) in [6.07, 6.45) is 0. The van der Waals surface area contributed by atoms with Crippen LogP contribution in [0.3, 0.4) is 0 Å². The lowest BCUT2D eigenvalue weighted by atomic mass is 9.99. The number of carbonyl (C=O) groups excluding carboxylic acids is 1. The van der Waals surface area contributed by atoms with Crippen LogP contribution in [-0.4, -0.2) is 54.3 Å². The number of Topliss-reactive ketones (excluding diaryl/α,β-unsaturated/α-hetero) is 1. The van der Waals surface area contributed by atoms with E-state index in [0.29, 0.717) is 22.2 Å². The van der Waals surface area contributed by atoms with Gasteiger partial charge in [0.2, 0.25) is 0 Å². The Morgan fingerprint density at radius 3 is 2.65 bits per heavy atom. The van der Waals surface area contributed by atoms with Crippen LogP contribution in [0.15, 0.2) is 18.2 Å². The van der Waals surface area contributed by atoms with Gasteiger partial charge in [0.15, 0.2) is 5.78 Å². The maximum Gasteiger partial charge on any atom is 0.178 e. The van der Waals surface area contributed by atoms with E-state index in [1.807, 2.05) is 0 Å². The van der Waals surface area contributed by atoms with Crippen molar-refractivity contribution in [2.75, 3.05) is 33.2 Å². The van der Waals surface area contributed by atoms with Crippen molar-refractivity contribution in [2.24, 2.45) is 0 Å². The number of likely N-dealkylation sites (N-methyl/N-ethyl adjacent to an activating group) is 1. The molecule has 1 aliphatic rings. The molecule has 3 nitrogen and oxygen atoms in total. The smallest absolute Gasteiger partial charge is 0.178 e. The van der Waals surface area contributed by atoms with Crippen LogP contribution >= 0.6 is 23.2 Å². The molecule has 0 bridgehead atoms. The Balaban J connectivity index is 2.07. The molecular formula is C15H20Cl2N2O. The highest BCUT2D eigenvalue weighted by Gasteiger charge is 2.31.